The van der Waals surface area contributed by atoms with Crippen LogP contribution < -0.4 is 5.32 Å². The second-order valence-corrected chi connectivity index (χ2v) is 7.47. The molecular weight excluding hydrogens is 413 g/mol. The van der Waals surface area contributed by atoms with E-state index in [-0.39, 0.29) is 17.9 Å². The van der Waals surface area contributed by atoms with Crippen LogP contribution in [0.2, 0.25) is 0 Å². The number of ketones is 1. The van der Waals surface area contributed by atoms with Crippen LogP contribution in [0.1, 0.15) is 40.3 Å². The number of anilines is 1. The molecule has 1 saturated carbocycles. The molecule has 31 heavy (non-hydrogen) atoms. The normalized spacial score (nSPS) is 23.4. The zero-order valence-electron chi connectivity index (χ0n) is 16.3. The van der Waals surface area contributed by atoms with Crippen LogP contribution in [0.25, 0.3) is 0 Å². The second kappa shape index (κ2) is 8.54. The lowest BCUT2D eigenvalue weighted by Gasteiger charge is -2.18. The Labute approximate surface area is 175 Å². The monoisotopic (exact) mass is 433 g/mol. The predicted octanol–water partition coefficient (Wildman–Crippen LogP) is 3.42. The van der Waals surface area contributed by atoms with Crippen LogP contribution in [0.5, 0.6) is 0 Å². The number of aliphatic hydroxyl groups excluding tert-OH is 1. The van der Waals surface area contributed by atoms with Gasteiger partial charge in [-0.15, -0.1) is 0 Å². The molecule has 1 radical (unpaired) electrons. The molecule has 0 saturated heterocycles. The van der Waals surface area contributed by atoms with Gasteiger partial charge in [0.05, 0.1) is 24.3 Å². The molecule has 1 aliphatic carbocycles. The highest BCUT2D eigenvalue weighted by Gasteiger charge is 2.41. The lowest BCUT2D eigenvalue weighted by Crippen LogP contribution is -2.32. The summed E-state index contributed by atoms with van der Waals surface area (Å²) in [5.41, 5.74) is 0.462. The number of nitrogens with one attached hydrogen (secondary N) is 1. The van der Waals surface area contributed by atoms with Gasteiger partial charge in [0.15, 0.2) is 11.5 Å². The minimum atomic E-state index is -2.69. The van der Waals surface area contributed by atoms with Gasteiger partial charge >= 0.3 is 0 Å². The molecule has 3 aromatic rings. The first kappa shape index (κ1) is 21.1. The third-order valence-corrected chi connectivity index (χ3v) is 5.28. The number of aliphatic hydroxyl groups is 1. The highest BCUT2D eigenvalue weighted by Crippen LogP contribution is 2.31. The van der Waals surface area contributed by atoms with Gasteiger partial charge in [0.1, 0.15) is 24.1 Å². The molecule has 10 heteroatoms. The second-order valence-electron chi connectivity index (χ2n) is 7.47. The van der Waals surface area contributed by atoms with Crippen molar-refractivity contribution < 1.29 is 27.5 Å². The highest BCUT2D eigenvalue weighted by atomic mass is 19.3. The molecule has 3 aromatic heterocycles. The fourth-order valence-corrected chi connectivity index (χ4v) is 3.62. The average Bonchev–Trinajstić information content (AvgIpc) is 3.46. The molecule has 0 spiro atoms. The van der Waals surface area contributed by atoms with Crippen LogP contribution in [0.3, 0.4) is 0 Å². The zero-order valence-corrected chi connectivity index (χ0v) is 16.3. The van der Waals surface area contributed by atoms with E-state index in [0.717, 1.165) is 0 Å². The maximum absolute atomic E-state index is 14.3. The van der Waals surface area contributed by atoms with Crippen molar-refractivity contribution in [3.05, 3.63) is 72.7 Å². The Morgan fingerprint density at radius 2 is 2.19 bits per heavy atom. The first-order valence-corrected chi connectivity index (χ1v) is 9.62. The van der Waals surface area contributed by atoms with E-state index in [1.807, 2.05) is 0 Å². The number of hydrogen-bond acceptors (Lipinski definition) is 6. The molecule has 0 aromatic carbocycles. The predicted molar refractivity (Wildman–Crippen MR) is 104 cm³/mol. The Kier molecular flexibility index (Phi) is 5.81. The molecule has 0 unspecified atom stereocenters. The van der Waals surface area contributed by atoms with Gasteiger partial charge in [0.25, 0.3) is 6.43 Å². The summed E-state index contributed by atoms with van der Waals surface area (Å²) in [4.78, 5) is 21.0. The molecule has 4 rings (SSSR count). The molecule has 3 heterocycles. The van der Waals surface area contributed by atoms with Gasteiger partial charge in [0.2, 0.25) is 0 Å². The van der Waals surface area contributed by atoms with Crippen LogP contribution in [-0.2, 0) is 6.54 Å². The van der Waals surface area contributed by atoms with E-state index in [2.05, 4.69) is 22.2 Å². The number of carbonyl (C=O) groups is 1. The van der Waals surface area contributed by atoms with Gasteiger partial charge in [0, 0.05) is 24.2 Å². The average molecular weight is 433 g/mol. The Morgan fingerprint density at radius 1 is 1.39 bits per heavy atom. The minimum absolute atomic E-state index is 0.146. The quantitative estimate of drug-likeness (QED) is 0.555. The number of rotatable bonds is 7. The van der Waals surface area contributed by atoms with E-state index in [1.165, 1.54) is 24.7 Å². The number of furan rings is 1. The van der Waals surface area contributed by atoms with E-state index in [9.17, 15) is 23.1 Å². The summed E-state index contributed by atoms with van der Waals surface area (Å²) < 4.78 is 46.3. The number of nitrogens with zero attached hydrogens (tertiary/aromatic N) is 3. The van der Waals surface area contributed by atoms with Crippen molar-refractivity contribution in [1.82, 2.24) is 14.5 Å². The molecule has 4 atom stereocenters. The van der Waals surface area contributed by atoms with Crippen molar-refractivity contribution >= 4 is 11.6 Å². The lowest BCUT2D eigenvalue weighted by molar-refractivity contribution is 0.0793. The Hall–Kier alpha value is -3.14. The molecule has 1 fully saturated rings. The summed E-state index contributed by atoms with van der Waals surface area (Å²) >= 11 is 0. The van der Waals surface area contributed by atoms with E-state index < -0.39 is 42.2 Å². The molecule has 163 valence electrons. The largest absolute Gasteiger partial charge is 0.458 e. The maximum atomic E-state index is 14.3. The summed E-state index contributed by atoms with van der Waals surface area (Å²) in [5.74, 6) is -0.783. The molecule has 0 bridgehead atoms. The van der Waals surface area contributed by atoms with Crippen molar-refractivity contribution in [2.45, 2.75) is 37.7 Å². The van der Waals surface area contributed by atoms with E-state index in [1.54, 1.807) is 23.0 Å². The summed E-state index contributed by atoms with van der Waals surface area (Å²) in [7, 11) is 0. The molecule has 7 nitrogen and oxygen atoms in total. The van der Waals surface area contributed by atoms with Crippen LogP contribution >= 0.6 is 0 Å². The fraction of sp³-hybridized carbons (Fsp3) is 0.333. The first-order chi connectivity index (χ1) is 14.8. The number of alkyl halides is 3. The summed E-state index contributed by atoms with van der Waals surface area (Å²) in [5, 5.41) is 12.7. The number of carbonyl (C=O) groups excluding carboxylic acids is 1. The summed E-state index contributed by atoms with van der Waals surface area (Å²) in [6, 6.07) is 3.50. The van der Waals surface area contributed by atoms with E-state index in [4.69, 9.17) is 4.42 Å². The van der Waals surface area contributed by atoms with Crippen molar-refractivity contribution in [2.75, 3.05) is 5.32 Å². The topological polar surface area (TPSA) is 93.2 Å². The van der Waals surface area contributed by atoms with Gasteiger partial charge in [-0.05, 0) is 37.5 Å². The third kappa shape index (κ3) is 4.34. The maximum Gasteiger partial charge on any atom is 0.295 e. The van der Waals surface area contributed by atoms with Crippen LogP contribution in [0.15, 0.2) is 47.5 Å². The fourth-order valence-electron chi connectivity index (χ4n) is 3.62. The summed E-state index contributed by atoms with van der Waals surface area (Å²) in [6.45, 7) is 3.90. The third-order valence-electron chi connectivity index (χ3n) is 5.28. The standard InChI is InChI=1S/C21H20F3N4O3/c1-11-6-15(17(22)18(11)29)27-21-14(7-25-10-26-21)19(30)12-4-5-28(8-12)9-13-2-3-16(31-13)20(23)24/h2-5,7-8,10-11,15,17-18,20,29H,1,6,9H2,(H,25,26,27)/t11-,15-,17-,18-/m1/s1. The molecule has 2 N–H and O–H groups in total. The van der Waals surface area contributed by atoms with Crippen LogP contribution in [0.4, 0.5) is 19.0 Å². The highest BCUT2D eigenvalue weighted by molar-refractivity contribution is 6.11. The Morgan fingerprint density at radius 3 is 2.87 bits per heavy atom. The molecule has 1 aliphatic rings. The van der Waals surface area contributed by atoms with Crippen LogP contribution in [-0.4, -0.2) is 43.7 Å². The van der Waals surface area contributed by atoms with E-state index in [0.29, 0.717) is 17.7 Å². The Balaban J connectivity index is 1.50. The van der Waals surface area contributed by atoms with Crippen molar-refractivity contribution in [3.63, 3.8) is 0 Å². The van der Waals surface area contributed by atoms with Crippen molar-refractivity contribution in [1.29, 1.82) is 0 Å². The molecule has 0 amide bonds. The number of hydrogen-bond donors (Lipinski definition) is 2. The minimum Gasteiger partial charge on any atom is -0.458 e. The van der Waals surface area contributed by atoms with Gasteiger partial charge in [-0.1, -0.05) is 0 Å². The zero-order chi connectivity index (χ0) is 22.1. The van der Waals surface area contributed by atoms with Gasteiger partial charge in [-0.3, -0.25) is 4.79 Å². The van der Waals surface area contributed by atoms with Gasteiger partial charge in [-0.25, -0.2) is 23.1 Å². The van der Waals surface area contributed by atoms with Crippen molar-refractivity contribution in [2.24, 2.45) is 5.92 Å². The Bertz CT molecular complexity index is 1070. The van der Waals surface area contributed by atoms with Crippen molar-refractivity contribution in [3.8, 4) is 0 Å². The van der Waals surface area contributed by atoms with Gasteiger partial charge in [-0.2, -0.15) is 0 Å². The number of halogens is 3. The lowest BCUT2D eigenvalue weighted by atomic mass is 10.1. The first-order valence-electron chi connectivity index (χ1n) is 9.62. The number of aromatic nitrogens is 3. The molecular formula is C21H20F3N4O3. The van der Waals surface area contributed by atoms with E-state index >= 15 is 0 Å². The molecule has 0 aliphatic heterocycles. The smallest absolute Gasteiger partial charge is 0.295 e. The summed E-state index contributed by atoms with van der Waals surface area (Å²) in [6.07, 6.45) is 0.620. The van der Waals surface area contributed by atoms with Crippen LogP contribution in [0, 0.1) is 12.8 Å². The van der Waals surface area contributed by atoms with Gasteiger partial charge < -0.3 is 19.4 Å². The SMILES string of the molecule is [CH2][C@@H]1C[C@@H](Nc2ncncc2C(=O)c2ccn(Cc3ccc(C(F)F)o3)c2)[C@@H](F)[C@@H]1O.